The number of aryl methyl sites for hydroxylation is 1. The molecule has 0 fully saturated rings. The van der Waals surface area contributed by atoms with Crippen LogP contribution in [0.4, 0.5) is 0 Å². The molecule has 70 valence electrons. The number of thiophene rings is 1. The second-order valence-corrected chi connectivity index (χ2v) is 3.90. The van der Waals surface area contributed by atoms with E-state index in [1.54, 1.807) is 16.0 Å². The van der Waals surface area contributed by atoms with Crippen LogP contribution in [0.25, 0.3) is 10.6 Å². The van der Waals surface area contributed by atoms with E-state index in [4.69, 9.17) is 5.26 Å². The van der Waals surface area contributed by atoms with E-state index in [0.717, 1.165) is 16.3 Å². The zero-order chi connectivity index (χ0) is 9.97. The van der Waals surface area contributed by atoms with E-state index in [2.05, 4.69) is 11.2 Å². The fourth-order valence-electron chi connectivity index (χ4n) is 1.30. The van der Waals surface area contributed by atoms with Gasteiger partial charge in [-0.2, -0.15) is 10.4 Å². The van der Waals surface area contributed by atoms with E-state index in [0.29, 0.717) is 6.42 Å². The van der Waals surface area contributed by atoms with Gasteiger partial charge in [0.25, 0.3) is 0 Å². The van der Waals surface area contributed by atoms with Gasteiger partial charge < -0.3 is 0 Å². The van der Waals surface area contributed by atoms with Crippen LogP contribution in [0.5, 0.6) is 0 Å². The molecule has 0 saturated heterocycles. The molecule has 2 heterocycles. The molecule has 0 aliphatic carbocycles. The molecule has 2 rings (SSSR count). The summed E-state index contributed by atoms with van der Waals surface area (Å²) in [5.41, 5.74) is 1.91. The lowest BCUT2D eigenvalue weighted by Crippen LogP contribution is -1.96. The number of aromatic nitrogens is 2. The molecule has 0 aliphatic heterocycles. The maximum atomic E-state index is 8.60. The average molecular weight is 203 g/mol. The van der Waals surface area contributed by atoms with Gasteiger partial charge >= 0.3 is 0 Å². The Bertz CT molecular complexity index is 462. The number of hydrogen-bond acceptors (Lipinski definition) is 3. The van der Waals surface area contributed by atoms with Crippen LogP contribution in [0.1, 0.15) is 5.69 Å². The molecule has 0 radical (unpaired) electrons. The van der Waals surface area contributed by atoms with Crippen molar-refractivity contribution in [2.24, 2.45) is 7.05 Å². The number of rotatable bonds is 2. The van der Waals surface area contributed by atoms with E-state index < -0.39 is 0 Å². The number of nitrogens with zero attached hydrogens (tertiary/aromatic N) is 3. The molecule has 3 nitrogen and oxygen atoms in total. The molecule has 0 atom stereocenters. The third-order valence-corrected chi connectivity index (χ3v) is 2.90. The Morgan fingerprint density at radius 3 is 3.14 bits per heavy atom. The zero-order valence-electron chi connectivity index (χ0n) is 7.77. The van der Waals surface area contributed by atoms with Gasteiger partial charge in [-0.15, -0.1) is 11.3 Å². The highest BCUT2D eigenvalue weighted by molar-refractivity contribution is 7.13. The van der Waals surface area contributed by atoms with Crippen molar-refractivity contribution in [1.82, 2.24) is 9.78 Å². The first-order valence-corrected chi connectivity index (χ1v) is 5.13. The standard InChI is InChI=1S/C10H9N3S/c1-13-8(4-5-11)7-9(12-13)10-3-2-6-14-10/h2-3,6-7H,4H2,1H3. The summed E-state index contributed by atoms with van der Waals surface area (Å²) in [5, 5.41) is 15.0. The van der Waals surface area contributed by atoms with Gasteiger partial charge in [-0.3, -0.25) is 4.68 Å². The highest BCUT2D eigenvalue weighted by Gasteiger charge is 2.06. The van der Waals surface area contributed by atoms with Gasteiger partial charge in [-0.1, -0.05) is 6.07 Å². The molecular weight excluding hydrogens is 194 g/mol. The van der Waals surface area contributed by atoms with Crippen molar-refractivity contribution in [1.29, 1.82) is 5.26 Å². The first kappa shape index (κ1) is 8.97. The SMILES string of the molecule is Cn1nc(-c2cccs2)cc1CC#N. The van der Waals surface area contributed by atoms with Gasteiger partial charge in [0.05, 0.1) is 23.1 Å². The van der Waals surface area contributed by atoms with Gasteiger partial charge in [0, 0.05) is 7.05 Å². The minimum atomic E-state index is 0.412. The van der Waals surface area contributed by atoms with Gasteiger partial charge in [-0.25, -0.2) is 0 Å². The van der Waals surface area contributed by atoms with Gasteiger partial charge in [0.2, 0.25) is 0 Å². The lowest BCUT2D eigenvalue weighted by atomic mass is 10.3. The molecule has 0 aliphatic rings. The Hall–Kier alpha value is -1.60. The van der Waals surface area contributed by atoms with E-state index in [9.17, 15) is 0 Å². The molecule has 0 N–H and O–H groups in total. The van der Waals surface area contributed by atoms with Crippen molar-refractivity contribution in [3.8, 4) is 16.6 Å². The maximum Gasteiger partial charge on any atom is 0.103 e. The van der Waals surface area contributed by atoms with Crippen LogP contribution < -0.4 is 0 Å². The Morgan fingerprint density at radius 2 is 2.50 bits per heavy atom. The lowest BCUT2D eigenvalue weighted by Gasteiger charge is -1.91. The quantitative estimate of drug-likeness (QED) is 0.751. The van der Waals surface area contributed by atoms with Gasteiger partial charge in [-0.05, 0) is 17.5 Å². The minimum absolute atomic E-state index is 0.412. The van der Waals surface area contributed by atoms with E-state index in [1.807, 2.05) is 30.6 Å². The number of hydrogen-bond donors (Lipinski definition) is 0. The molecule has 2 aromatic heterocycles. The zero-order valence-corrected chi connectivity index (χ0v) is 8.58. The van der Waals surface area contributed by atoms with Crippen LogP contribution in [-0.2, 0) is 13.5 Å². The summed E-state index contributed by atoms with van der Waals surface area (Å²) in [5.74, 6) is 0. The normalized spacial score (nSPS) is 10.0. The monoisotopic (exact) mass is 203 g/mol. The molecule has 4 heteroatoms. The van der Waals surface area contributed by atoms with Crippen molar-refractivity contribution >= 4 is 11.3 Å². The molecule has 0 spiro atoms. The predicted molar refractivity (Wildman–Crippen MR) is 55.8 cm³/mol. The van der Waals surface area contributed by atoms with Crippen LogP contribution in [0.15, 0.2) is 23.6 Å². The van der Waals surface area contributed by atoms with E-state index in [1.165, 1.54) is 0 Å². The Morgan fingerprint density at radius 1 is 1.64 bits per heavy atom. The molecule has 14 heavy (non-hydrogen) atoms. The summed E-state index contributed by atoms with van der Waals surface area (Å²) >= 11 is 1.66. The summed E-state index contributed by atoms with van der Waals surface area (Å²) in [4.78, 5) is 1.14. The van der Waals surface area contributed by atoms with Crippen LogP contribution in [0.3, 0.4) is 0 Å². The second kappa shape index (κ2) is 3.64. The summed E-state index contributed by atoms with van der Waals surface area (Å²) < 4.78 is 1.76. The summed E-state index contributed by atoms with van der Waals surface area (Å²) in [7, 11) is 1.86. The van der Waals surface area contributed by atoms with Crippen LogP contribution in [-0.4, -0.2) is 9.78 Å². The fourth-order valence-corrected chi connectivity index (χ4v) is 1.98. The molecule has 0 amide bonds. The Kier molecular flexibility index (Phi) is 2.33. The van der Waals surface area contributed by atoms with Crippen molar-refractivity contribution < 1.29 is 0 Å². The number of nitriles is 1. The molecule has 0 unspecified atom stereocenters. The molecule has 2 aromatic rings. The predicted octanol–water partition coefficient (Wildman–Crippen LogP) is 2.21. The van der Waals surface area contributed by atoms with Gasteiger partial charge in [0.15, 0.2) is 0 Å². The molecule has 0 bridgehead atoms. The van der Waals surface area contributed by atoms with Gasteiger partial charge in [0.1, 0.15) is 5.69 Å². The Labute approximate surface area is 86.2 Å². The van der Waals surface area contributed by atoms with Crippen molar-refractivity contribution in [3.63, 3.8) is 0 Å². The van der Waals surface area contributed by atoms with Crippen molar-refractivity contribution in [3.05, 3.63) is 29.3 Å². The summed E-state index contributed by atoms with van der Waals surface area (Å²) in [6, 6.07) is 8.12. The van der Waals surface area contributed by atoms with Crippen LogP contribution in [0, 0.1) is 11.3 Å². The Balaban J connectivity index is 2.39. The summed E-state index contributed by atoms with van der Waals surface area (Å²) in [6.07, 6.45) is 0.412. The molecule has 0 aromatic carbocycles. The maximum absolute atomic E-state index is 8.60. The highest BCUT2D eigenvalue weighted by atomic mass is 32.1. The first-order valence-electron chi connectivity index (χ1n) is 4.25. The first-order chi connectivity index (χ1) is 6.81. The third-order valence-electron chi connectivity index (χ3n) is 2.01. The molecule has 0 saturated carbocycles. The second-order valence-electron chi connectivity index (χ2n) is 2.96. The average Bonchev–Trinajstić information content (AvgIpc) is 2.76. The summed E-state index contributed by atoms with van der Waals surface area (Å²) in [6.45, 7) is 0. The molecular formula is C10H9N3S. The smallest absolute Gasteiger partial charge is 0.103 e. The minimum Gasteiger partial charge on any atom is -0.271 e. The third kappa shape index (κ3) is 1.54. The van der Waals surface area contributed by atoms with Crippen molar-refractivity contribution in [2.75, 3.05) is 0 Å². The van der Waals surface area contributed by atoms with E-state index >= 15 is 0 Å². The van der Waals surface area contributed by atoms with Crippen LogP contribution >= 0.6 is 11.3 Å². The lowest BCUT2D eigenvalue weighted by molar-refractivity contribution is 0.732. The van der Waals surface area contributed by atoms with E-state index in [-0.39, 0.29) is 0 Å². The van der Waals surface area contributed by atoms with Crippen LogP contribution in [0.2, 0.25) is 0 Å². The van der Waals surface area contributed by atoms with Crippen molar-refractivity contribution in [2.45, 2.75) is 6.42 Å². The topological polar surface area (TPSA) is 41.6 Å². The fraction of sp³-hybridized carbons (Fsp3) is 0.200. The highest BCUT2D eigenvalue weighted by Crippen LogP contribution is 2.23. The largest absolute Gasteiger partial charge is 0.271 e.